The number of imide groups is 1. The minimum Gasteiger partial charge on any atom is -0.485 e. The molecule has 0 unspecified atom stereocenters. The standard InChI is InChI=1S/C22H22ClFN4O3S2/c1-11-4-12(23)5-14(20(11)31-17-8-27-7-15(17)24)19(26-3)21-16(25-2)6-13(33-21)9-28-18(29)10-32-22(28)30/h4-6,15,17,27H,2,7-10H2,1,3H3/b26-19-/t15-,17+/m0/s1. The van der Waals surface area contributed by atoms with Crippen LogP contribution in [0.3, 0.4) is 0 Å². The smallest absolute Gasteiger partial charge is 0.289 e. The molecule has 0 spiro atoms. The molecule has 0 radical (unpaired) electrons. The third-order valence-corrected chi connectivity index (χ3v) is 7.57. The summed E-state index contributed by atoms with van der Waals surface area (Å²) in [4.78, 5) is 35.4. The molecule has 1 N–H and O–H groups in total. The number of nitrogens with zero attached hydrogens (tertiary/aromatic N) is 3. The first-order chi connectivity index (χ1) is 15.8. The van der Waals surface area contributed by atoms with E-state index in [9.17, 15) is 14.0 Å². The van der Waals surface area contributed by atoms with Gasteiger partial charge in [-0.3, -0.25) is 24.5 Å². The van der Waals surface area contributed by atoms with Crippen molar-refractivity contribution in [3.05, 3.63) is 44.1 Å². The van der Waals surface area contributed by atoms with Crippen molar-refractivity contribution >= 4 is 64.0 Å². The molecule has 0 bridgehead atoms. The predicted octanol–water partition coefficient (Wildman–Crippen LogP) is 4.39. The molecular weight excluding hydrogens is 487 g/mol. The summed E-state index contributed by atoms with van der Waals surface area (Å²) in [5.74, 6) is 0.437. The van der Waals surface area contributed by atoms with E-state index in [2.05, 4.69) is 22.0 Å². The summed E-state index contributed by atoms with van der Waals surface area (Å²) in [5.41, 5.74) is 2.50. The second-order valence-corrected chi connectivity index (χ2v) is 10.1. The summed E-state index contributed by atoms with van der Waals surface area (Å²) in [6.45, 7) is 6.31. The summed E-state index contributed by atoms with van der Waals surface area (Å²) < 4.78 is 20.4. The number of aryl methyl sites for hydroxylation is 1. The van der Waals surface area contributed by atoms with Gasteiger partial charge in [-0.1, -0.05) is 23.4 Å². The summed E-state index contributed by atoms with van der Waals surface area (Å²) in [6, 6.07) is 5.29. The van der Waals surface area contributed by atoms with Gasteiger partial charge in [-0.25, -0.2) is 4.39 Å². The SMILES string of the molecule is C=Nc1cc(CN2C(=O)CSC2=O)sc1/C(=N\C)c1cc(Cl)cc(C)c1O[C@@H]1CNC[C@@H]1F. The Labute approximate surface area is 204 Å². The Morgan fingerprint density at radius 3 is 2.76 bits per heavy atom. The van der Waals surface area contributed by atoms with Crippen LogP contribution >= 0.6 is 34.7 Å². The fraction of sp³-hybridized carbons (Fsp3) is 0.364. The van der Waals surface area contributed by atoms with Gasteiger partial charge in [0.15, 0.2) is 6.17 Å². The van der Waals surface area contributed by atoms with Gasteiger partial charge in [0, 0.05) is 35.6 Å². The van der Waals surface area contributed by atoms with Crippen LogP contribution in [0.4, 0.5) is 14.9 Å². The Balaban J connectivity index is 1.73. The molecule has 11 heteroatoms. The molecule has 2 aromatic rings. The highest BCUT2D eigenvalue weighted by Gasteiger charge is 2.32. The maximum Gasteiger partial charge on any atom is 0.289 e. The number of hydrogen-bond donors (Lipinski definition) is 1. The molecule has 2 fully saturated rings. The van der Waals surface area contributed by atoms with Crippen LogP contribution in [-0.2, 0) is 11.3 Å². The molecular formula is C22H22ClFN4O3S2. The van der Waals surface area contributed by atoms with Crippen LogP contribution < -0.4 is 10.1 Å². The normalized spacial score (nSPS) is 21.2. The van der Waals surface area contributed by atoms with Crippen LogP contribution in [0.15, 0.2) is 28.2 Å². The van der Waals surface area contributed by atoms with E-state index in [1.54, 1.807) is 25.2 Å². The predicted molar refractivity (Wildman–Crippen MR) is 132 cm³/mol. The van der Waals surface area contributed by atoms with Gasteiger partial charge in [-0.2, -0.15) is 0 Å². The molecule has 2 atom stereocenters. The summed E-state index contributed by atoms with van der Waals surface area (Å²) in [7, 11) is 1.64. The van der Waals surface area contributed by atoms with Crippen molar-refractivity contribution in [2.75, 3.05) is 25.9 Å². The summed E-state index contributed by atoms with van der Waals surface area (Å²) in [6.07, 6.45) is -1.75. The van der Waals surface area contributed by atoms with Crippen LogP contribution in [0.25, 0.3) is 0 Å². The molecule has 7 nitrogen and oxygen atoms in total. The zero-order valence-electron chi connectivity index (χ0n) is 18.1. The third kappa shape index (κ3) is 4.84. The lowest BCUT2D eigenvalue weighted by Crippen LogP contribution is -2.28. The van der Waals surface area contributed by atoms with Crippen LogP contribution in [0.5, 0.6) is 5.75 Å². The minimum absolute atomic E-state index is 0.152. The Bertz CT molecular complexity index is 1140. The first-order valence-electron chi connectivity index (χ1n) is 10.2. The zero-order valence-corrected chi connectivity index (χ0v) is 20.5. The van der Waals surface area contributed by atoms with Crippen LogP contribution in [0, 0.1) is 6.92 Å². The quantitative estimate of drug-likeness (QED) is 0.561. The topological polar surface area (TPSA) is 83.4 Å². The number of benzene rings is 1. The lowest BCUT2D eigenvalue weighted by atomic mass is 10.0. The van der Waals surface area contributed by atoms with E-state index in [1.807, 2.05) is 6.92 Å². The van der Waals surface area contributed by atoms with Crippen molar-refractivity contribution in [3.63, 3.8) is 0 Å². The molecule has 3 heterocycles. The summed E-state index contributed by atoms with van der Waals surface area (Å²) >= 11 is 8.72. The number of carbonyl (C=O) groups is 2. The van der Waals surface area contributed by atoms with Gasteiger partial charge in [-0.05, 0) is 37.4 Å². The number of carbonyl (C=O) groups excluding carboxylic acids is 2. The summed E-state index contributed by atoms with van der Waals surface area (Å²) in [5, 5.41) is 3.22. The number of thiophene rings is 1. The third-order valence-electron chi connectivity index (χ3n) is 5.38. The molecule has 2 saturated heterocycles. The maximum absolute atomic E-state index is 14.3. The number of hydrogen-bond acceptors (Lipinski definition) is 8. The molecule has 1 aromatic heterocycles. The van der Waals surface area contributed by atoms with Gasteiger partial charge in [0.2, 0.25) is 5.91 Å². The lowest BCUT2D eigenvalue weighted by Gasteiger charge is -2.21. The highest BCUT2D eigenvalue weighted by Crippen LogP contribution is 2.38. The fourth-order valence-corrected chi connectivity index (χ4v) is 5.93. The number of aliphatic imine (C=N–C) groups is 2. The van der Waals surface area contributed by atoms with Gasteiger partial charge in [0.25, 0.3) is 5.24 Å². The zero-order chi connectivity index (χ0) is 23.7. The number of halogens is 2. The van der Waals surface area contributed by atoms with Crippen LogP contribution in [0.1, 0.15) is 20.9 Å². The highest BCUT2D eigenvalue weighted by molar-refractivity contribution is 8.14. The molecule has 2 amide bonds. The van der Waals surface area contributed by atoms with E-state index in [0.29, 0.717) is 39.2 Å². The monoisotopic (exact) mass is 508 g/mol. The van der Waals surface area contributed by atoms with Gasteiger partial charge in [0.1, 0.15) is 11.9 Å². The Kier molecular flexibility index (Phi) is 7.18. The van der Waals surface area contributed by atoms with Crippen LogP contribution in [0.2, 0.25) is 5.02 Å². The molecule has 33 heavy (non-hydrogen) atoms. The highest BCUT2D eigenvalue weighted by atomic mass is 35.5. The van der Waals surface area contributed by atoms with Crippen LogP contribution in [-0.4, -0.2) is 66.6 Å². The largest absolute Gasteiger partial charge is 0.485 e. The second kappa shape index (κ2) is 9.92. The van der Waals surface area contributed by atoms with E-state index in [0.717, 1.165) is 22.2 Å². The number of nitrogens with one attached hydrogen (secondary N) is 1. The van der Waals surface area contributed by atoms with Gasteiger partial charge >= 0.3 is 0 Å². The van der Waals surface area contributed by atoms with E-state index in [-0.39, 0.29) is 30.0 Å². The van der Waals surface area contributed by atoms with Crippen molar-refractivity contribution in [2.24, 2.45) is 9.98 Å². The van der Waals surface area contributed by atoms with Gasteiger partial charge in [0.05, 0.1) is 28.6 Å². The first kappa shape index (κ1) is 23.9. The lowest BCUT2D eigenvalue weighted by molar-refractivity contribution is -0.124. The maximum atomic E-state index is 14.3. The number of rotatable bonds is 7. The average Bonchev–Trinajstić information content (AvgIpc) is 3.46. The second-order valence-electron chi connectivity index (χ2n) is 7.62. The number of thioether (sulfide) groups is 1. The number of amides is 2. The van der Waals surface area contributed by atoms with Crippen molar-refractivity contribution in [3.8, 4) is 5.75 Å². The van der Waals surface area contributed by atoms with E-state index in [4.69, 9.17) is 16.3 Å². The van der Waals surface area contributed by atoms with E-state index in [1.165, 1.54) is 16.2 Å². The molecule has 1 aromatic carbocycles. The van der Waals surface area contributed by atoms with Crippen molar-refractivity contribution in [2.45, 2.75) is 25.7 Å². The molecule has 174 valence electrons. The fourth-order valence-electron chi connectivity index (χ4n) is 3.78. The molecule has 2 aliphatic heterocycles. The van der Waals surface area contributed by atoms with Crippen molar-refractivity contribution < 1.29 is 18.7 Å². The minimum atomic E-state index is -1.12. The Morgan fingerprint density at radius 2 is 2.15 bits per heavy atom. The Hall–Kier alpha value is -2.27. The van der Waals surface area contributed by atoms with E-state index < -0.39 is 12.3 Å². The molecule has 0 aliphatic carbocycles. The van der Waals surface area contributed by atoms with Crippen molar-refractivity contribution in [1.29, 1.82) is 0 Å². The molecule has 2 aliphatic rings. The van der Waals surface area contributed by atoms with Gasteiger partial charge in [-0.15, -0.1) is 11.3 Å². The van der Waals surface area contributed by atoms with Gasteiger partial charge < -0.3 is 10.1 Å². The Morgan fingerprint density at radius 1 is 1.36 bits per heavy atom. The molecule has 0 saturated carbocycles. The number of alkyl halides is 1. The van der Waals surface area contributed by atoms with Crippen molar-refractivity contribution in [1.82, 2.24) is 10.2 Å². The number of ether oxygens (including phenoxy) is 1. The molecule has 4 rings (SSSR count). The average molecular weight is 509 g/mol. The first-order valence-corrected chi connectivity index (χ1v) is 12.4. The van der Waals surface area contributed by atoms with E-state index >= 15 is 0 Å².